The molecule has 1 aromatic rings. The minimum Gasteiger partial charge on any atom is -0.481 e. The SMILES string of the molecule is CC(NC(=O)NC1(CC(=O)O)CCCCC1)c1cccs1. The number of aliphatic carboxylic acids is 1. The van der Waals surface area contributed by atoms with Gasteiger partial charge < -0.3 is 15.7 Å². The Bertz CT molecular complexity index is 481. The molecular weight excluding hydrogens is 288 g/mol. The summed E-state index contributed by atoms with van der Waals surface area (Å²) >= 11 is 1.59. The van der Waals surface area contributed by atoms with Gasteiger partial charge in [-0.15, -0.1) is 11.3 Å². The summed E-state index contributed by atoms with van der Waals surface area (Å²) in [7, 11) is 0. The first-order valence-electron chi connectivity index (χ1n) is 7.35. The average Bonchev–Trinajstić information content (AvgIpc) is 2.92. The maximum Gasteiger partial charge on any atom is 0.315 e. The quantitative estimate of drug-likeness (QED) is 0.781. The summed E-state index contributed by atoms with van der Waals surface area (Å²) in [5.74, 6) is -0.858. The highest BCUT2D eigenvalue weighted by molar-refractivity contribution is 7.10. The summed E-state index contributed by atoms with van der Waals surface area (Å²) in [6.45, 7) is 1.93. The van der Waals surface area contributed by atoms with Crippen molar-refractivity contribution < 1.29 is 14.7 Å². The summed E-state index contributed by atoms with van der Waals surface area (Å²) in [5.41, 5.74) is -0.594. The van der Waals surface area contributed by atoms with Crippen LogP contribution in [0.3, 0.4) is 0 Å². The Labute approximate surface area is 128 Å². The van der Waals surface area contributed by atoms with Gasteiger partial charge in [0.15, 0.2) is 0 Å². The Morgan fingerprint density at radius 2 is 2.10 bits per heavy atom. The van der Waals surface area contributed by atoms with E-state index in [0.29, 0.717) is 0 Å². The second-order valence-electron chi connectivity index (χ2n) is 5.75. The fraction of sp³-hybridized carbons (Fsp3) is 0.600. The lowest BCUT2D eigenvalue weighted by atomic mass is 9.79. The predicted octanol–water partition coefficient (Wildman–Crippen LogP) is 3.29. The Kier molecular flexibility index (Phi) is 5.22. The van der Waals surface area contributed by atoms with E-state index in [9.17, 15) is 9.59 Å². The van der Waals surface area contributed by atoms with Crippen molar-refractivity contribution in [2.75, 3.05) is 0 Å². The normalized spacial score (nSPS) is 18.7. The van der Waals surface area contributed by atoms with Crippen molar-refractivity contribution in [2.24, 2.45) is 0 Å². The summed E-state index contributed by atoms with van der Waals surface area (Å²) in [6.07, 6.45) is 4.51. The first-order chi connectivity index (χ1) is 10.0. The van der Waals surface area contributed by atoms with Crippen molar-refractivity contribution in [3.05, 3.63) is 22.4 Å². The lowest BCUT2D eigenvalue weighted by Gasteiger charge is -2.37. The number of carbonyl (C=O) groups is 2. The molecule has 1 aromatic heterocycles. The van der Waals surface area contributed by atoms with Crippen LogP contribution in [0.1, 0.15) is 56.4 Å². The lowest BCUT2D eigenvalue weighted by Crippen LogP contribution is -2.54. The van der Waals surface area contributed by atoms with Crippen LogP contribution >= 0.6 is 11.3 Å². The van der Waals surface area contributed by atoms with Crippen molar-refractivity contribution >= 4 is 23.3 Å². The molecule has 0 aromatic carbocycles. The number of hydrogen-bond acceptors (Lipinski definition) is 3. The molecule has 1 aliphatic carbocycles. The standard InChI is InChI=1S/C15H22N2O3S/c1-11(12-6-5-9-21-12)16-14(20)17-15(10-13(18)19)7-3-2-4-8-15/h5-6,9,11H,2-4,7-8,10H2,1H3,(H,18,19)(H2,16,17,20). The van der Waals surface area contributed by atoms with Crippen LogP contribution in [0.4, 0.5) is 4.79 Å². The first kappa shape index (κ1) is 15.8. The second-order valence-corrected chi connectivity index (χ2v) is 6.73. The molecule has 3 N–H and O–H groups in total. The van der Waals surface area contributed by atoms with Gasteiger partial charge in [0.2, 0.25) is 0 Å². The summed E-state index contributed by atoms with van der Waals surface area (Å²) < 4.78 is 0. The highest BCUT2D eigenvalue weighted by Crippen LogP contribution is 2.31. The molecule has 1 aliphatic rings. The zero-order valence-corrected chi connectivity index (χ0v) is 13.0. The fourth-order valence-electron chi connectivity index (χ4n) is 2.95. The molecule has 0 bridgehead atoms. The van der Waals surface area contributed by atoms with E-state index in [1.165, 1.54) is 0 Å². The second kappa shape index (κ2) is 6.93. The van der Waals surface area contributed by atoms with Gasteiger partial charge in [0, 0.05) is 4.88 Å². The van der Waals surface area contributed by atoms with E-state index in [1.54, 1.807) is 11.3 Å². The van der Waals surface area contributed by atoms with Crippen molar-refractivity contribution in [3.63, 3.8) is 0 Å². The van der Waals surface area contributed by atoms with Crippen LogP contribution in [0.2, 0.25) is 0 Å². The van der Waals surface area contributed by atoms with E-state index in [2.05, 4.69) is 10.6 Å². The van der Waals surface area contributed by atoms with Gasteiger partial charge in [0.25, 0.3) is 0 Å². The molecule has 0 saturated heterocycles. The van der Waals surface area contributed by atoms with Crippen LogP contribution < -0.4 is 10.6 Å². The summed E-state index contributed by atoms with van der Waals surface area (Å²) in [6, 6.07) is 3.57. The van der Waals surface area contributed by atoms with E-state index in [0.717, 1.165) is 37.0 Å². The number of carboxylic acid groups (broad SMARTS) is 1. The third-order valence-corrected chi connectivity index (χ3v) is 5.05. The maximum absolute atomic E-state index is 12.2. The van der Waals surface area contributed by atoms with Gasteiger partial charge in [-0.3, -0.25) is 4.79 Å². The van der Waals surface area contributed by atoms with Gasteiger partial charge in [0.05, 0.1) is 18.0 Å². The van der Waals surface area contributed by atoms with Gasteiger partial charge in [0.1, 0.15) is 0 Å². The van der Waals surface area contributed by atoms with E-state index in [4.69, 9.17) is 5.11 Å². The Hall–Kier alpha value is -1.56. The molecule has 1 fully saturated rings. The third kappa shape index (κ3) is 4.46. The van der Waals surface area contributed by atoms with E-state index in [-0.39, 0.29) is 18.5 Å². The van der Waals surface area contributed by atoms with E-state index < -0.39 is 11.5 Å². The summed E-state index contributed by atoms with van der Waals surface area (Å²) in [5, 5.41) is 16.9. The number of carbonyl (C=O) groups excluding carboxylic acids is 1. The van der Waals surface area contributed by atoms with Crippen molar-refractivity contribution in [1.82, 2.24) is 10.6 Å². The Balaban J connectivity index is 1.96. The largest absolute Gasteiger partial charge is 0.481 e. The number of amides is 2. The molecule has 0 aliphatic heterocycles. The monoisotopic (exact) mass is 310 g/mol. The number of rotatable bonds is 5. The number of hydrogen-bond donors (Lipinski definition) is 3. The predicted molar refractivity (Wildman–Crippen MR) is 82.5 cm³/mol. The smallest absolute Gasteiger partial charge is 0.315 e. The van der Waals surface area contributed by atoms with Crippen LogP contribution in [0.5, 0.6) is 0 Å². The van der Waals surface area contributed by atoms with Crippen LogP contribution in [0.25, 0.3) is 0 Å². The zero-order valence-electron chi connectivity index (χ0n) is 12.2. The van der Waals surface area contributed by atoms with Crippen LogP contribution in [-0.2, 0) is 4.79 Å². The summed E-state index contributed by atoms with van der Waals surface area (Å²) in [4.78, 5) is 24.4. The molecule has 0 spiro atoms. The molecule has 1 atom stereocenters. The number of urea groups is 1. The van der Waals surface area contributed by atoms with Gasteiger partial charge in [-0.05, 0) is 31.2 Å². The number of carboxylic acids is 1. The molecule has 5 nitrogen and oxygen atoms in total. The topological polar surface area (TPSA) is 78.4 Å². The molecule has 1 saturated carbocycles. The molecule has 1 heterocycles. The number of thiophene rings is 1. The van der Waals surface area contributed by atoms with Crippen LogP contribution in [-0.4, -0.2) is 22.6 Å². The van der Waals surface area contributed by atoms with Gasteiger partial charge in [-0.1, -0.05) is 25.3 Å². The lowest BCUT2D eigenvalue weighted by molar-refractivity contribution is -0.139. The molecular formula is C15H22N2O3S. The van der Waals surface area contributed by atoms with Gasteiger partial charge in [-0.25, -0.2) is 4.79 Å². The van der Waals surface area contributed by atoms with Crippen LogP contribution in [0, 0.1) is 0 Å². The minimum absolute atomic E-state index is 0.00615. The molecule has 2 amide bonds. The van der Waals surface area contributed by atoms with Crippen molar-refractivity contribution in [1.29, 1.82) is 0 Å². The van der Waals surface area contributed by atoms with Crippen molar-refractivity contribution in [2.45, 2.75) is 57.0 Å². The van der Waals surface area contributed by atoms with Gasteiger partial charge >= 0.3 is 12.0 Å². The Morgan fingerprint density at radius 1 is 1.38 bits per heavy atom. The molecule has 1 unspecified atom stereocenters. The van der Waals surface area contributed by atoms with E-state index >= 15 is 0 Å². The fourth-order valence-corrected chi connectivity index (χ4v) is 3.68. The molecule has 2 rings (SSSR count). The van der Waals surface area contributed by atoms with Gasteiger partial charge in [-0.2, -0.15) is 0 Å². The maximum atomic E-state index is 12.2. The molecule has 6 heteroatoms. The Morgan fingerprint density at radius 3 is 2.67 bits per heavy atom. The highest BCUT2D eigenvalue weighted by Gasteiger charge is 2.36. The molecule has 116 valence electrons. The molecule has 21 heavy (non-hydrogen) atoms. The number of nitrogens with one attached hydrogen (secondary N) is 2. The van der Waals surface area contributed by atoms with E-state index in [1.807, 2.05) is 24.4 Å². The first-order valence-corrected chi connectivity index (χ1v) is 8.23. The minimum atomic E-state index is -0.858. The highest BCUT2D eigenvalue weighted by atomic mass is 32.1. The average molecular weight is 310 g/mol. The zero-order chi connectivity index (χ0) is 15.3. The third-order valence-electron chi connectivity index (χ3n) is 4.00. The van der Waals surface area contributed by atoms with Crippen LogP contribution in [0.15, 0.2) is 17.5 Å². The molecule has 0 radical (unpaired) electrons. The van der Waals surface area contributed by atoms with Crippen molar-refractivity contribution in [3.8, 4) is 0 Å².